The van der Waals surface area contributed by atoms with Crippen molar-refractivity contribution >= 4 is 18.2 Å². The van der Waals surface area contributed by atoms with Crippen LogP contribution in [0.1, 0.15) is 49.1 Å². The maximum absolute atomic E-state index is 13.7. The van der Waals surface area contributed by atoms with Gasteiger partial charge in [0.15, 0.2) is 29.2 Å². The summed E-state index contributed by atoms with van der Waals surface area (Å²) in [6.07, 6.45) is 2.55. The number of nitrogens with zero attached hydrogens (tertiary/aromatic N) is 1. The lowest BCUT2D eigenvalue weighted by atomic mass is 9.95. The summed E-state index contributed by atoms with van der Waals surface area (Å²) in [5, 5.41) is 20.1. The molecule has 0 spiro atoms. The van der Waals surface area contributed by atoms with Gasteiger partial charge in [0.2, 0.25) is 0 Å². The first-order valence-electron chi connectivity index (χ1n) is 15.7. The number of ether oxygens (including phenoxy) is 5. The largest absolute Gasteiger partial charge is 0.490 e. The standard InChI is InChI=1S/C36H41FN4O8/c1-6-10-26-15-24(17-30(47-8-3)34(26)49-20-23-11-9-12-27(37)16-23)19-38-41-31(42)21-48-28-14-13-25(18-29(28)46-7-2)33-32(35(43)45-5)22(4)39-36(44)40-33/h6,9,11-19,31,33,41-42H,1,7-8,10,20-21H2,2-5H3,(H2,39,40,44)/b38-19-/t31-,33-/m0/s1. The number of esters is 1. The number of hydrogen-bond acceptors (Lipinski definition) is 10. The molecular formula is C36H41FN4O8. The van der Waals surface area contributed by atoms with Gasteiger partial charge in [0, 0.05) is 11.3 Å². The van der Waals surface area contributed by atoms with Crippen molar-refractivity contribution in [2.75, 3.05) is 26.9 Å². The van der Waals surface area contributed by atoms with E-state index in [0.717, 1.165) is 5.56 Å². The van der Waals surface area contributed by atoms with Crippen LogP contribution in [0.5, 0.6) is 23.0 Å². The highest BCUT2D eigenvalue weighted by Crippen LogP contribution is 2.36. The summed E-state index contributed by atoms with van der Waals surface area (Å²) in [5.41, 5.74) is 5.99. The third-order valence-electron chi connectivity index (χ3n) is 7.20. The van der Waals surface area contributed by atoms with E-state index < -0.39 is 24.3 Å². The second kappa shape index (κ2) is 17.6. The van der Waals surface area contributed by atoms with Crippen LogP contribution < -0.4 is 35.0 Å². The SMILES string of the molecule is C=CCc1cc(/C=N\N[C@@H](O)COc2ccc([C@@H]3NC(=O)NC(C)=C3C(=O)OC)cc2OCC)cc(OCC)c1OCc1cccc(F)c1. The first-order chi connectivity index (χ1) is 23.7. The number of methoxy groups -OCH3 is 1. The Kier molecular flexibility index (Phi) is 13.0. The van der Waals surface area contributed by atoms with E-state index in [4.69, 9.17) is 23.7 Å². The number of benzene rings is 3. The zero-order chi connectivity index (χ0) is 35.3. The molecule has 2 amide bonds. The molecule has 3 aromatic carbocycles. The summed E-state index contributed by atoms with van der Waals surface area (Å²) in [6, 6.07) is 13.6. The summed E-state index contributed by atoms with van der Waals surface area (Å²) in [5.74, 6) is 0.770. The lowest BCUT2D eigenvalue weighted by molar-refractivity contribution is -0.136. The van der Waals surface area contributed by atoms with E-state index in [9.17, 15) is 19.1 Å². The molecule has 3 aromatic rings. The van der Waals surface area contributed by atoms with E-state index in [1.807, 2.05) is 13.0 Å². The second-order valence-corrected chi connectivity index (χ2v) is 10.8. The predicted octanol–water partition coefficient (Wildman–Crippen LogP) is 5.05. The number of carbonyl (C=O) groups is 2. The molecule has 0 unspecified atom stereocenters. The summed E-state index contributed by atoms with van der Waals surface area (Å²) >= 11 is 0. The molecule has 1 aliphatic rings. The number of carbonyl (C=O) groups excluding carboxylic acids is 2. The van der Waals surface area contributed by atoms with E-state index in [2.05, 4.69) is 27.7 Å². The number of hydrogen-bond donors (Lipinski definition) is 4. The van der Waals surface area contributed by atoms with Gasteiger partial charge in [0.25, 0.3) is 0 Å². The van der Waals surface area contributed by atoms with E-state index in [-0.39, 0.29) is 24.6 Å². The number of aliphatic hydroxyl groups is 1. The van der Waals surface area contributed by atoms with Crippen LogP contribution >= 0.6 is 0 Å². The highest BCUT2D eigenvalue weighted by atomic mass is 19.1. The van der Waals surface area contributed by atoms with Gasteiger partial charge in [-0.3, -0.25) is 5.43 Å². The molecule has 0 radical (unpaired) electrons. The molecule has 0 fully saturated rings. The molecule has 0 aliphatic carbocycles. The number of rotatable bonds is 17. The fourth-order valence-electron chi connectivity index (χ4n) is 5.09. The van der Waals surface area contributed by atoms with Crippen LogP contribution in [0.2, 0.25) is 0 Å². The lowest BCUT2D eigenvalue weighted by Gasteiger charge is -2.28. The van der Waals surface area contributed by atoms with Crippen molar-refractivity contribution in [2.24, 2.45) is 5.10 Å². The average molecular weight is 677 g/mol. The Labute approximate surface area is 284 Å². The molecule has 0 bridgehead atoms. The maximum Gasteiger partial charge on any atom is 0.337 e. The molecule has 4 rings (SSSR count). The first-order valence-corrected chi connectivity index (χ1v) is 15.7. The summed E-state index contributed by atoms with van der Waals surface area (Å²) in [7, 11) is 1.27. The number of allylic oxidation sites excluding steroid dienone is 2. The van der Waals surface area contributed by atoms with E-state index in [1.165, 1.54) is 25.5 Å². The molecule has 4 N–H and O–H groups in total. The molecular weight excluding hydrogens is 635 g/mol. The van der Waals surface area contributed by atoms with Crippen molar-refractivity contribution in [3.8, 4) is 23.0 Å². The van der Waals surface area contributed by atoms with Crippen LogP contribution in [0.25, 0.3) is 0 Å². The summed E-state index contributed by atoms with van der Waals surface area (Å²) in [4.78, 5) is 24.7. The minimum absolute atomic E-state index is 0.150. The molecule has 49 heavy (non-hydrogen) atoms. The lowest BCUT2D eigenvalue weighted by Crippen LogP contribution is -2.45. The monoisotopic (exact) mass is 676 g/mol. The number of halogens is 1. The number of hydrazone groups is 1. The fourth-order valence-corrected chi connectivity index (χ4v) is 5.09. The highest BCUT2D eigenvalue weighted by molar-refractivity contribution is 5.95. The molecule has 1 heterocycles. The van der Waals surface area contributed by atoms with Gasteiger partial charge in [-0.25, -0.2) is 14.0 Å². The van der Waals surface area contributed by atoms with Gasteiger partial charge in [0.1, 0.15) is 19.0 Å². The zero-order valence-corrected chi connectivity index (χ0v) is 27.9. The van der Waals surface area contributed by atoms with Crippen LogP contribution in [-0.2, 0) is 22.6 Å². The molecule has 0 aromatic heterocycles. The topological polar surface area (TPSA) is 149 Å². The Hall–Kier alpha value is -5.56. The van der Waals surface area contributed by atoms with Gasteiger partial charge in [-0.1, -0.05) is 24.3 Å². The van der Waals surface area contributed by atoms with Crippen molar-refractivity contribution in [2.45, 2.75) is 46.1 Å². The molecule has 0 saturated heterocycles. The van der Waals surface area contributed by atoms with Gasteiger partial charge in [-0.15, -0.1) is 6.58 Å². The number of urea groups is 1. The van der Waals surface area contributed by atoms with Crippen molar-refractivity contribution in [1.82, 2.24) is 16.1 Å². The van der Waals surface area contributed by atoms with Crippen molar-refractivity contribution in [3.63, 3.8) is 0 Å². The Morgan fingerprint density at radius 2 is 1.84 bits per heavy atom. The third-order valence-corrected chi connectivity index (χ3v) is 7.20. The second-order valence-electron chi connectivity index (χ2n) is 10.8. The molecule has 12 nitrogen and oxygen atoms in total. The van der Waals surface area contributed by atoms with E-state index >= 15 is 0 Å². The van der Waals surface area contributed by atoms with Crippen molar-refractivity contribution < 1.29 is 42.8 Å². The Morgan fingerprint density at radius 1 is 1.06 bits per heavy atom. The third kappa shape index (κ3) is 9.73. The average Bonchev–Trinajstić information content (AvgIpc) is 3.07. The molecule has 13 heteroatoms. The summed E-state index contributed by atoms with van der Waals surface area (Å²) < 4.78 is 42.1. The Balaban J connectivity index is 1.44. The van der Waals surface area contributed by atoms with Crippen LogP contribution in [-0.4, -0.2) is 56.5 Å². The Bertz CT molecular complexity index is 1710. The normalized spacial score (nSPS) is 14.8. The van der Waals surface area contributed by atoms with Crippen LogP contribution in [0.15, 0.2) is 83.6 Å². The fraction of sp³-hybridized carbons (Fsp3) is 0.306. The molecule has 2 atom stereocenters. The van der Waals surface area contributed by atoms with Gasteiger partial charge >= 0.3 is 12.0 Å². The van der Waals surface area contributed by atoms with E-state index in [1.54, 1.807) is 56.3 Å². The van der Waals surface area contributed by atoms with Crippen LogP contribution in [0.3, 0.4) is 0 Å². The predicted molar refractivity (Wildman–Crippen MR) is 181 cm³/mol. The number of aliphatic hydroxyl groups excluding tert-OH is 1. The van der Waals surface area contributed by atoms with Crippen LogP contribution in [0.4, 0.5) is 9.18 Å². The van der Waals surface area contributed by atoms with Crippen LogP contribution in [0, 0.1) is 5.82 Å². The van der Waals surface area contributed by atoms with E-state index in [0.29, 0.717) is 65.0 Å². The first kappa shape index (κ1) is 36.3. The summed E-state index contributed by atoms with van der Waals surface area (Å²) in [6.45, 7) is 9.78. The minimum Gasteiger partial charge on any atom is -0.490 e. The van der Waals surface area contributed by atoms with Crippen molar-refractivity contribution in [1.29, 1.82) is 0 Å². The maximum atomic E-state index is 13.7. The molecule has 260 valence electrons. The molecule has 1 aliphatic heterocycles. The molecule has 0 saturated carbocycles. The number of amides is 2. The minimum atomic E-state index is -1.20. The smallest absolute Gasteiger partial charge is 0.337 e. The van der Waals surface area contributed by atoms with Gasteiger partial charge in [0.05, 0.1) is 38.2 Å². The van der Waals surface area contributed by atoms with Gasteiger partial charge in [-0.2, -0.15) is 5.10 Å². The zero-order valence-electron chi connectivity index (χ0n) is 27.9. The Morgan fingerprint density at radius 3 is 2.55 bits per heavy atom. The number of nitrogens with one attached hydrogen (secondary N) is 3. The highest BCUT2D eigenvalue weighted by Gasteiger charge is 2.32. The van der Waals surface area contributed by atoms with Gasteiger partial charge in [-0.05, 0) is 80.3 Å². The van der Waals surface area contributed by atoms with Gasteiger partial charge < -0.3 is 39.4 Å². The quantitative estimate of drug-likeness (QED) is 0.0507. The van der Waals surface area contributed by atoms with Crippen molar-refractivity contribution in [3.05, 3.63) is 107 Å².